The van der Waals surface area contributed by atoms with Gasteiger partial charge in [-0.2, -0.15) is 0 Å². The highest BCUT2D eigenvalue weighted by Gasteiger charge is 2.22. The molecular formula is C19H22N4O3. The maximum absolute atomic E-state index is 9.81. The Balaban J connectivity index is 1.88. The number of ether oxygens (including phenoxy) is 2. The highest BCUT2D eigenvalue weighted by Crippen LogP contribution is 2.39. The Kier molecular flexibility index (Phi) is 4.38. The first kappa shape index (κ1) is 16.7. The van der Waals surface area contributed by atoms with Crippen LogP contribution >= 0.6 is 0 Å². The third-order valence-electron chi connectivity index (χ3n) is 4.87. The molecule has 1 fully saturated rings. The topological polar surface area (TPSA) is 72.1 Å². The van der Waals surface area contributed by atoms with Gasteiger partial charge in [0, 0.05) is 18.7 Å². The smallest absolute Gasteiger partial charge is 0.170 e. The fraction of sp³-hybridized carbons (Fsp3) is 0.368. The van der Waals surface area contributed by atoms with E-state index in [1.807, 2.05) is 30.6 Å². The van der Waals surface area contributed by atoms with Gasteiger partial charge >= 0.3 is 0 Å². The van der Waals surface area contributed by atoms with Gasteiger partial charge in [0.15, 0.2) is 17.1 Å². The molecule has 1 aromatic carbocycles. The zero-order valence-corrected chi connectivity index (χ0v) is 14.9. The van der Waals surface area contributed by atoms with E-state index in [2.05, 4.69) is 19.3 Å². The van der Waals surface area contributed by atoms with Gasteiger partial charge in [-0.1, -0.05) is 6.07 Å². The van der Waals surface area contributed by atoms with Crippen molar-refractivity contribution in [1.82, 2.24) is 14.4 Å². The molecule has 0 unspecified atom stereocenters. The summed E-state index contributed by atoms with van der Waals surface area (Å²) < 4.78 is 13.1. The lowest BCUT2D eigenvalue weighted by Gasteiger charge is -2.31. The Hall–Kier alpha value is -2.80. The first-order valence-corrected chi connectivity index (χ1v) is 8.68. The summed E-state index contributed by atoms with van der Waals surface area (Å²) in [5.74, 6) is 2.32. The van der Waals surface area contributed by atoms with Gasteiger partial charge in [-0.25, -0.2) is 4.98 Å². The number of piperidine rings is 1. The monoisotopic (exact) mass is 354 g/mol. The van der Waals surface area contributed by atoms with E-state index in [4.69, 9.17) is 9.47 Å². The molecule has 3 aromatic rings. The first-order valence-electron chi connectivity index (χ1n) is 8.68. The van der Waals surface area contributed by atoms with Crippen molar-refractivity contribution < 1.29 is 14.6 Å². The second-order valence-corrected chi connectivity index (χ2v) is 6.36. The van der Waals surface area contributed by atoms with E-state index in [1.54, 1.807) is 20.4 Å². The second-order valence-electron chi connectivity index (χ2n) is 6.36. The number of para-hydroxylation sites is 1. The van der Waals surface area contributed by atoms with E-state index in [-0.39, 0.29) is 6.10 Å². The van der Waals surface area contributed by atoms with Gasteiger partial charge in [0.1, 0.15) is 5.82 Å². The number of aromatic nitrogens is 3. The molecule has 0 radical (unpaired) electrons. The molecular weight excluding hydrogens is 332 g/mol. The van der Waals surface area contributed by atoms with E-state index >= 15 is 0 Å². The molecule has 0 bridgehead atoms. The summed E-state index contributed by atoms with van der Waals surface area (Å²) in [4.78, 5) is 11.1. The van der Waals surface area contributed by atoms with Crippen LogP contribution in [-0.4, -0.2) is 52.9 Å². The lowest BCUT2D eigenvalue weighted by atomic mass is 10.1. The van der Waals surface area contributed by atoms with Crippen LogP contribution in [0.1, 0.15) is 12.8 Å². The molecule has 3 heterocycles. The Morgan fingerprint density at radius 1 is 1.08 bits per heavy atom. The summed E-state index contributed by atoms with van der Waals surface area (Å²) in [6.45, 7) is 1.57. The maximum atomic E-state index is 9.81. The van der Waals surface area contributed by atoms with Crippen molar-refractivity contribution in [3.8, 4) is 22.8 Å². The first-order chi connectivity index (χ1) is 12.7. The van der Waals surface area contributed by atoms with Gasteiger partial charge in [0.2, 0.25) is 0 Å². The Morgan fingerprint density at radius 3 is 2.62 bits per heavy atom. The average molecular weight is 354 g/mol. The largest absolute Gasteiger partial charge is 0.493 e. The summed E-state index contributed by atoms with van der Waals surface area (Å²) in [7, 11) is 3.27. The molecule has 0 atom stereocenters. The molecule has 4 rings (SSSR count). The highest BCUT2D eigenvalue weighted by molar-refractivity contribution is 5.75. The number of benzene rings is 1. The third-order valence-corrected chi connectivity index (χ3v) is 4.87. The van der Waals surface area contributed by atoms with Crippen LogP contribution in [0.4, 0.5) is 5.82 Å². The average Bonchev–Trinajstić information content (AvgIpc) is 3.12. The number of aliphatic hydroxyl groups excluding tert-OH is 1. The van der Waals surface area contributed by atoms with Crippen LogP contribution in [0, 0.1) is 0 Å². The summed E-state index contributed by atoms with van der Waals surface area (Å²) in [5.41, 5.74) is 2.59. The van der Waals surface area contributed by atoms with Gasteiger partial charge < -0.3 is 19.5 Å². The summed E-state index contributed by atoms with van der Waals surface area (Å²) in [6, 6.07) is 5.81. The molecule has 7 heteroatoms. The fourth-order valence-corrected chi connectivity index (χ4v) is 3.52. The van der Waals surface area contributed by atoms with Gasteiger partial charge in [0.05, 0.1) is 44.6 Å². The summed E-state index contributed by atoms with van der Waals surface area (Å²) >= 11 is 0. The Bertz CT molecular complexity index is 916. The quantitative estimate of drug-likeness (QED) is 0.776. The van der Waals surface area contributed by atoms with Crippen molar-refractivity contribution in [2.24, 2.45) is 0 Å². The van der Waals surface area contributed by atoms with Crippen LogP contribution in [0.15, 0.2) is 36.8 Å². The number of imidazole rings is 1. The van der Waals surface area contributed by atoms with E-state index in [9.17, 15) is 5.11 Å². The summed E-state index contributed by atoms with van der Waals surface area (Å²) in [5, 5.41) is 9.81. The number of fused-ring (bicyclic) bond motifs is 1. The molecule has 7 nitrogen and oxygen atoms in total. The van der Waals surface area contributed by atoms with E-state index in [0.29, 0.717) is 11.5 Å². The number of methoxy groups -OCH3 is 2. The number of hydrogen-bond donors (Lipinski definition) is 1. The van der Waals surface area contributed by atoms with Crippen molar-refractivity contribution in [2.75, 3.05) is 32.2 Å². The minimum Gasteiger partial charge on any atom is -0.493 e. The van der Waals surface area contributed by atoms with Crippen molar-refractivity contribution in [3.05, 3.63) is 36.8 Å². The standard InChI is InChI=1S/C19H22N4O3/c1-25-16-5-3-4-14(19(16)26-2)15-10-21-17-11-20-12-18(23(15)17)22-8-6-13(24)7-9-22/h3-5,10-13,24H,6-9H2,1-2H3. The summed E-state index contributed by atoms with van der Waals surface area (Å²) in [6.07, 6.45) is 6.71. The molecule has 1 aliphatic rings. The van der Waals surface area contributed by atoms with Crippen LogP contribution < -0.4 is 14.4 Å². The predicted octanol–water partition coefficient (Wildman–Crippen LogP) is 2.37. The highest BCUT2D eigenvalue weighted by atomic mass is 16.5. The third kappa shape index (κ3) is 2.74. The number of hydrogen-bond acceptors (Lipinski definition) is 6. The maximum Gasteiger partial charge on any atom is 0.170 e. The molecule has 0 aliphatic carbocycles. The van der Waals surface area contributed by atoms with Crippen LogP contribution in [0.2, 0.25) is 0 Å². The zero-order valence-electron chi connectivity index (χ0n) is 14.9. The van der Waals surface area contributed by atoms with E-state index in [0.717, 1.165) is 48.7 Å². The molecule has 2 aromatic heterocycles. The zero-order chi connectivity index (χ0) is 18.1. The molecule has 0 spiro atoms. The van der Waals surface area contributed by atoms with Crippen molar-refractivity contribution in [3.63, 3.8) is 0 Å². The number of rotatable bonds is 4. The SMILES string of the molecule is COc1cccc(-c2cnc3cncc(N4CCC(O)CC4)n23)c1OC. The van der Waals surface area contributed by atoms with Gasteiger partial charge in [-0.3, -0.25) is 9.38 Å². The number of aliphatic hydroxyl groups is 1. The van der Waals surface area contributed by atoms with Crippen molar-refractivity contribution in [1.29, 1.82) is 0 Å². The van der Waals surface area contributed by atoms with Crippen LogP contribution in [0.5, 0.6) is 11.5 Å². The fourth-order valence-electron chi connectivity index (χ4n) is 3.52. The molecule has 0 saturated carbocycles. The minimum atomic E-state index is -0.223. The molecule has 136 valence electrons. The normalized spacial score (nSPS) is 15.4. The number of anilines is 1. The molecule has 26 heavy (non-hydrogen) atoms. The van der Waals surface area contributed by atoms with Crippen LogP contribution in [0.25, 0.3) is 16.9 Å². The van der Waals surface area contributed by atoms with Crippen LogP contribution in [-0.2, 0) is 0 Å². The molecule has 1 saturated heterocycles. The molecule has 0 amide bonds. The Morgan fingerprint density at radius 2 is 1.88 bits per heavy atom. The lowest BCUT2D eigenvalue weighted by Crippen LogP contribution is -2.36. The van der Waals surface area contributed by atoms with Crippen molar-refractivity contribution >= 4 is 11.5 Å². The minimum absolute atomic E-state index is 0.223. The number of nitrogens with zero attached hydrogens (tertiary/aromatic N) is 4. The Labute approximate surface area is 151 Å². The van der Waals surface area contributed by atoms with Gasteiger partial charge in [-0.05, 0) is 25.0 Å². The van der Waals surface area contributed by atoms with E-state index < -0.39 is 0 Å². The van der Waals surface area contributed by atoms with Gasteiger partial charge in [-0.15, -0.1) is 0 Å². The van der Waals surface area contributed by atoms with Gasteiger partial charge in [0.25, 0.3) is 0 Å². The van der Waals surface area contributed by atoms with E-state index in [1.165, 1.54) is 0 Å². The molecule has 1 N–H and O–H groups in total. The van der Waals surface area contributed by atoms with Crippen LogP contribution in [0.3, 0.4) is 0 Å². The predicted molar refractivity (Wildman–Crippen MR) is 99.0 cm³/mol. The van der Waals surface area contributed by atoms with Crippen molar-refractivity contribution in [2.45, 2.75) is 18.9 Å². The second kappa shape index (κ2) is 6.84. The molecule has 1 aliphatic heterocycles. The lowest BCUT2D eigenvalue weighted by molar-refractivity contribution is 0.145.